The van der Waals surface area contributed by atoms with Crippen molar-refractivity contribution in [3.05, 3.63) is 60.2 Å². The van der Waals surface area contributed by atoms with Gasteiger partial charge < -0.3 is 10.1 Å². The van der Waals surface area contributed by atoms with Crippen LogP contribution in [-0.4, -0.2) is 45.7 Å². The predicted octanol–water partition coefficient (Wildman–Crippen LogP) is 4.62. The zero-order valence-corrected chi connectivity index (χ0v) is 19.7. The molecule has 1 fully saturated rings. The van der Waals surface area contributed by atoms with E-state index in [2.05, 4.69) is 60.6 Å². The van der Waals surface area contributed by atoms with Gasteiger partial charge in [0.2, 0.25) is 5.91 Å². The lowest BCUT2D eigenvalue weighted by molar-refractivity contribution is -0.119. The van der Waals surface area contributed by atoms with Crippen LogP contribution in [-0.2, 0) is 14.9 Å². The third-order valence-corrected chi connectivity index (χ3v) is 6.47. The molecule has 0 unspecified atom stereocenters. The Morgan fingerprint density at radius 2 is 1.88 bits per heavy atom. The molecule has 0 aliphatic carbocycles. The number of amides is 1. The highest BCUT2D eigenvalue weighted by atomic mass is 32.2. The van der Waals surface area contributed by atoms with Crippen molar-refractivity contribution in [3.8, 4) is 17.1 Å². The van der Waals surface area contributed by atoms with Crippen LogP contribution in [0.3, 0.4) is 0 Å². The van der Waals surface area contributed by atoms with Crippen molar-refractivity contribution in [2.24, 2.45) is 0 Å². The minimum absolute atomic E-state index is 0.0239. The van der Waals surface area contributed by atoms with Gasteiger partial charge in [-0.15, -0.1) is 10.2 Å². The van der Waals surface area contributed by atoms with Crippen molar-refractivity contribution < 1.29 is 9.53 Å². The molecule has 0 saturated carbocycles. The van der Waals surface area contributed by atoms with E-state index in [0.29, 0.717) is 11.7 Å². The molecule has 0 spiro atoms. The fourth-order valence-corrected chi connectivity index (χ4v) is 4.48. The van der Waals surface area contributed by atoms with E-state index < -0.39 is 0 Å². The van der Waals surface area contributed by atoms with Gasteiger partial charge in [-0.05, 0) is 36.0 Å². The SMILES string of the molecule is CC(C)(C)c1ccc(-c2nnc(SCC(=O)NC[C@H]3CCCO3)n2-c2ccccc2)cc1. The first kappa shape index (κ1) is 22.6. The van der Waals surface area contributed by atoms with Crippen molar-refractivity contribution in [2.75, 3.05) is 18.9 Å². The number of carbonyl (C=O) groups is 1. The van der Waals surface area contributed by atoms with Gasteiger partial charge in [-0.25, -0.2) is 0 Å². The molecule has 3 aromatic rings. The third-order valence-electron chi connectivity index (χ3n) is 5.54. The molecule has 0 radical (unpaired) electrons. The first-order valence-electron chi connectivity index (χ1n) is 11.0. The topological polar surface area (TPSA) is 69.0 Å². The number of para-hydroxylation sites is 1. The monoisotopic (exact) mass is 450 g/mol. The minimum Gasteiger partial charge on any atom is -0.376 e. The summed E-state index contributed by atoms with van der Waals surface area (Å²) in [5.74, 6) is 1.02. The molecule has 1 aliphatic heterocycles. The second kappa shape index (κ2) is 9.88. The van der Waals surface area contributed by atoms with Crippen molar-refractivity contribution in [2.45, 2.75) is 50.3 Å². The van der Waals surface area contributed by atoms with E-state index in [4.69, 9.17) is 4.74 Å². The molecule has 1 aromatic heterocycles. The predicted molar refractivity (Wildman–Crippen MR) is 128 cm³/mol. The molecule has 7 heteroatoms. The summed E-state index contributed by atoms with van der Waals surface area (Å²) in [6.45, 7) is 7.96. The van der Waals surface area contributed by atoms with Crippen molar-refractivity contribution >= 4 is 17.7 Å². The quantitative estimate of drug-likeness (QED) is 0.532. The van der Waals surface area contributed by atoms with Crippen LogP contribution in [0.25, 0.3) is 17.1 Å². The van der Waals surface area contributed by atoms with Crippen LogP contribution in [0.5, 0.6) is 0 Å². The third kappa shape index (κ3) is 5.40. The molecule has 1 saturated heterocycles. The van der Waals surface area contributed by atoms with Gasteiger partial charge in [0.1, 0.15) is 0 Å². The Morgan fingerprint density at radius 1 is 1.12 bits per heavy atom. The Kier molecular flexibility index (Phi) is 6.96. The highest BCUT2D eigenvalue weighted by molar-refractivity contribution is 7.99. The van der Waals surface area contributed by atoms with Crippen molar-refractivity contribution in [1.82, 2.24) is 20.1 Å². The first-order valence-corrected chi connectivity index (χ1v) is 12.0. The number of rotatable bonds is 7. The van der Waals surface area contributed by atoms with E-state index in [-0.39, 0.29) is 23.2 Å². The number of thioether (sulfide) groups is 1. The summed E-state index contributed by atoms with van der Waals surface area (Å²) in [4.78, 5) is 12.4. The highest BCUT2D eigenvalue weighted by Gasteiger charge is 2.20. The van der Waals surface area contributed by atoms with E-state index in [1.807, 2.05) is 34.9 Å². The second-order valence-corrected chi connectivity index (χ2v) is 9.97. The van der Waals surface area contributed by atoms with E-state index in [1.54, 1.807) is 0 Å². The second-order valence-electron chi connectivity index (χ2n) is 9.03. The lowest BCUT2D eigenvalue weighted by atomic mass is 9.87. The van der Waals surface area contributed by atoms with Crippen molar-refractivity contribution in [3.63, 3.8) is 0 Å². The number of aromatic nitrogens is 3. The smallest absolute Gasteiger partial charge is 0.230 e. The minimum atomic E-state index is -0.0239. The summed E-state index contributed by atoms with van der Waals surface area (Å²) in [7, 11) is 0. The summed E-state index contributed by atoms with van der Waals surface area (Å²) >= 11 is 1.39. The average Bonchev–Trinajstić information content (AvgIpc) is 3.46. The van der Waals surface area contributed by atoms with Crippen LogP contribution in [0.1, 0.15) is 39.2 Å². The summed E-state index contributed by atoms with van der Waals surface area (Å²) in [6.07, 6.45) is 2.21. The molecular weight excluding hydrogens is 420 g/mol. The maximum atomic E-state index is 12.4. The van der Waals surface area contributed by atoms with Crippen molar-refractivity contribution in [1.29, 1.82) is 0 Å². The number of hydrogen-bond acceptors (Lipinski definition) is 5. The molecule has 32 heavy (non-hydrogen) atoms. The number of nitrogens with zero attached hydrogens (tertiary/aromatic N) is 3. The van der Waals surface area contributed by atoms with Crippen LogP contribution in [0, 0.1) is 0 Å². The lowest BCUT2D eigenvalue weighted by Crippen LogP contribution is -2.32. The molecular formula is C25H30N4O2S. The first-order chi connectivity index (χ1) is 15.4. The lowest BCUT2D eigenvalue weighted by Gasteiger charge is -2.19. The summed E-state index contributed by atoms with van der Waals surface area (Å²) in [5, 5.41) is 12.6. The van der Waals surface area contributed by atoms with Gasteiger partial charge in [0.25, 0.3) is 0 Å². The molecule has 1 atom stereocenters. The van der Waals surface area contributed by atoms with Crippen LogP contribution >= 0.6 is 11.8 Å². The molecule has 4 rings (SSSR count). The number of carbonyl (C=O) groups excluding carboxylic acids is 1. The fraction of sp³-hybridized carbons (Fsp3) is 0.400. The molecule has 0 bridgehead atoms. The zero-order valence-electron chi connectivity index (χ0n) is 18.9. The number of ether oxygens (including phenoxy) is 1. The maximum Gasteiger partial charge on any atom is 0.230 e. The van der Waals surface area contributed by atoms with E-state index >= 15 is 0 Å². The fourth-order valence-electron chi connectivity index (χ4n) is 3.69. The largest absolute Gasteiger partial charge is 0.376 e. The van der Waals surface area contributed by atoms with Gasteiger partial charge in [-0.1, -0.05) is 75.0 Å². The normalized spacial score (nSPS) is 16.3. The van der Waals surface area contributed by atoms with Gasteiger partial charge in [0.15, 0.2) is 11.0 Å². The molecule has 1 N–H and O–H groups in total. The Hall–Kier alpha value is -2.64. The standard InChI is InChI=1S/C25H30N4O2S/c1-25(2,3)19-13-11-18(12-14-19)23-27-28-24(29(23)20-8-5-4-6-9-20)32-17-22(30)26-16-21-10-7-15-31-21/h4-6,8-9,11-14,21H,7,10,15-17H2,1-3H3,(H,26,30)/t21-/m1/s1. The summed E-state index contributed by atoms with van der Waals surface area (Å²) in [6, 6.07) is 18.5. The van der Waals surface area contributed by atoms with Crippen LogP contribution in [0.2, 0.25) is 0 Å². The number of hydrogen-bond donors (Lipinski definition) is 1. The van der Waals surface area contributed by atoms with E-state index in [0.717, 1.165) is 36.5 Å². The molecule has 6 nitrogen and oxygen atoms in total. The molecule has 2 aromatic carbocycles. The molecule has 1 aliphatic rings. The zero-order chi connectivity index (χ0) is 22.6. The molecule has 2 heterocycles. The highest BCUT2D eigenvalue weighted by Crippen LogP contribution is 2.30. The van der Waals surface area contributed by atoms with E-state index in [9.17, 15) is 4.79 Å². The van der Waals surface area contributed by atoms with Gasteiger partial charge in [-0.3, -0.25) is 9.36 Å². The number of benzene rings is 2. The van der Waals surface area contributed by atoms with Gasteiger partial charge in [-0.2, -0.15) is 0 Å². The Bertz CT molecular complexity index is 1040. The van der Waals surface area contributed by atoms with E-state index in [1.165, 1.54) is 17.3 Å². The van der Waals surface area contributed by atoms with Gasteiger partial charge in [0.05, 0.1) is 11.9 Å². The van der Waals surface area contributed by atoms with Crippen LogP contribution in [0.4, 0.5) is 0 Å². The van der Waals surface area contributed by atoms with Gasteiger partial charge in [0, 0.05) is 24.4 Å². The molecule has 1 amide bonds. The summed E-state index contributed by atoms with van der Waals surface area (Å²) < 4.78 is 7.59. The molecule has 168 valence electrons. The van der Waals surface area contributed by atoms with Crippen LogP contribution < -0.4 is 5.32 Å². The maximum absolute atomic E-state index is 12.4. The Labute approximate surface area is 193 Å². The Morgan fingerprint density at radius 3 is 2.53 bits per heavy atom. The van der Waals surface area contributed by atoms with Gasteiger partial charge >= 0.3 is 0 Å². The number of nitrogens with one attached hydrogen (secondary N) is 1. The summed E-state index contributed by atoms with van der Waals surface area (Å²) in [5.41, 5.74) is 3.31. The Balaban J connectivity index is 1.54. The average molecular weight is 451 g/mol. The van der Waals surface area contributed by atoms with Crippen LogP contribution in [0.15, 0.2) is 59.8 Å².